The van der Waals surface area contributed by atoms with E-state index in [1.54, 1.807) is 0 Å². The van der Waals surface area contributed by atoms with Crippen LogP contribution in [0, 0.1) is 11.3 Å². The van der Waals surface area contributed by atoms with E-state index in [9.17, 15) is 13.2 Å². The molecule has 1 aromatic carbocycles. The zero-order chi connectivity index (χ0) is 14.3. The number of benzene rings is 1. The van der Waals surface area contributed by atoms with Gasteiger partial charge in [0.1, 0.15) is 0 Å². The highest BCUT2D eigenvalue weighted by Crippen LogP contribution is 2.10. The fraction of sp³-hybridized carbons (Fsp3) is 0.333. The average Bonchev–Trinajstić information content (AvgIpc) is 2.43. The summed E-state index contributed by atoms with van der Waals surface area (Å²) in [6.07, 6.45) is 0.501. The van der Waals surface area contributed by atoms with Gasteiger partial charge in [-0.1, -0.05) is 6.07 Å². The summed E-state index contributed by atoms with van der Waals surface area (Å²) in [7, 11) is -2.37. The standard InChI is InChI=1S/C12H14N2O4S/c1-18-12(15)6-3-7-14-19(16,17)11-5-2-4-10(8-11)9-13/h2,4-5,8,14H,3,6-7H2,1H3. The first-order valence-electron chi connectivity index (χ1n) is 5.56. The number of nitriles is 1. The lowest BCUT2D eigenvalue weighted by Crippen LogP contribution is -2.25. The lowest BCUT2D eigenvalue weighted by Gasteiger charge is -2.06. The number of nitrogens with one attached hydrogen (secondary N) is 1. The van der Waals surface area contributed by atoms with E-state index in [-0.39, 0.29) is 29.4 Å². The number of carbonyl (C=O) groups is 1. The molecule has 1 N–H and O–H groups in total. The molecule has 6 nitrogen and oxygen atoms in total. The number of hydrogen-bond donors (Lipinski definition) is 1. The Morgan fingerprint density at radius 3 is 2.84 bits per heavy atom. The van der Waals surface area contributed by atoms with E-state index in [1.807, 2.05) is 6.07 Å². The third kappa shape index (κ3) is 4.69. The Bertz CT molecular complexity index is 590. The van der Waals surface area contributed by atoms with Crippen molar-refractivity contribution in [2.45, 2.75) is 17.7 Å². The summed E-state index contributed by atoms with van der Waals surface area (Å²) in [6, 6.07) is 7.60. The van der Waals surface area contributed by atoms with Gasteiger partial charge in [-0.3, -0.25) is 4.79 Å². The molecule has 0 heterocycles. The molecule has 0 saturated carbocycles. The van der Waals surface area contributed by atoms with Gasteiger partial charge in [0.2, 0.25) is 10.0 Å². The topological polar surface area (TPSA) is 96.3 Å². The molecule has 0 aromatic heterocycles. The van der Waals surface area contributed by atoms with Gasteiger partial charge in [0.15, 0.2) is 0 Å². The first kappa shape index (κ1) is 15.1. The Hall–Kier alpha value is -1.91. The number of ether oxygens (including phenoxy) is 1. The van der Waals surface area contributed by atoms with E-state index in [2.05, 4.69) is 9.46 Å². The van der Waals surface area contributed by atoms with Gasteiger partial charge in [-0.2, -0.15) is 5.26 Å². The Kier molecular flexibility index (Phi) is 5.48. The number of carbonyl (C=O) groups excluding carboxylic acids is 1. The molecule has 1 aromatic rings. The van der Waals surface area contributed by atoms with Gasteiger partial charge >= 0.3 is 5.97 Å². The van der Waals surface area contributed by atoms with Gasteiger partial charge in [-0.15, -0.1) is 0 Å². The molecule has 0 amide bonds. The summed E-state index contributed by atoms with van der Waals surface area (Å²) in [5.74, 6) is -0.384. The largest absolute Gasteiger partial charge is 0.469 e. The second-order valence-electron chi connectivity index (χ2n) is 3.72. The van der Waals surface area contributed by atoms with E-state index in [4.69, 9.17) is 5.26 Å². The van der Waals surface area contributed by atoms with Gasteiger partial charge in [-0.25, -0.2) is 13.1 Å². The third-order valence-electron chi connectivity index (χ3n) is 2.35. The van der Waals surface area contributed by atoms with Crippen molar-refractivity contribution in [1.29, 1.82) is 5.26 Å². The molecule has 0 radical (unpaired) electrons. The van der Waals surface area contributed by atoms with E-state index in [0.29, 0.717) is 6.42 Å². The molecule has 0 aliphatic heterocycles. The van der Waals surface area contributed by atoms with Gasteiger partial charge in [-0.05, 0) is 24.6 Å². The summed E-state index contributed by atoms with van der Waals surface area (Å²) in [4.78, 5) is 10.9. The fourth-order valence-corrected chi connectivity index (χ4v) is 2.48. The van der Waals surface area contributed by atoms with Crippen LogP contribution in [-0.2, 0) is 19.6 Å². The van der Waals surface area contributed by atoms with Gasteiger partial charge in [0, 0.05) is 13.0 Å². The molecule has 0 aliphatic rings. The molecule has 0 aliphatic carbocycles. The second-order valence-corrected chi connectivity index (χ2v) is 5.48. The molecule has 19 heavy (non-hydrogen) atoms. The first-order chi connectivity index (χ1) is 8.99. The summed E-state index contributed by atoms with van der Waals surface area (Å²) < 4.78 is 30.6. The highest BCUT2D eigenvalue weighted by Gasteiger charge is 2.13. The number of hydrogen-bond acceptors (Lipinski definition) is 5. The van der Waals surface area contributed by atoms with Crippen LogP contribution in [0.5, 0.6) is 0 Å². The van der Waals surface area contributed by atoms with Crippen molar-refractivity contribution in [2.24, 2.45) is 0 Å². The maximum absolute atomic E-state index is 11.9. The quantitative estimate of drug-likeness (QED) is 0.614. The Labute approximate surface area is 112 Å². The molecule has 0 atom stereocenters. The van der Waals surface area contributed by atoms with E-state index < -0.39 is 10.0 Å². The van der Waals surface area contributed by atoms with Crippen LogP contribution in [0.4, 0.5) is 0 Å². The van der Waals surface area contributed by atoms with Crippen LogP contribution >= 0.6 is 0 Å². The molecule has 7 heteroatoms. The highest BCUT2D eigenvalue weighted by atomic mass is 32.2. The number of nitrogens with zero attached hydrogens (tertiary/aromatic N) is 1. The zero-order valence-corrected chi connectivity index (χ0v) is 11.2. The highest BCUT2D eigenvalue weighted by molar-refractivity contribution is 7.89. The van der Waals surface area contributed by atoms with Crippen molar-refractivity contribution in [3.8, 4) is 6.07 Å². The summed E-state index contributed by atoms with van der Waals surface area (Å²) in [5.41, 5.74) is 0.275. The monoisotopic (exact) mass is 282 g/mol. The molecule has 0 bridgehead atoms. The number of esters is 1. The van der Waals surface area contributed by atoms with Crippen LogP contribution in [0.1, 0.15) is 18.4 Å². The van der Waals surface area contributed by atoms with Crippen LogP contribution in [0.3, 0.4) is 0 Å². The fourth-order valence-electron chi connectivity index (χ4n) is 1.36. The van der Waals surface area contributed by atoms with Crippen LogP contribution in [-0.4, -0.2) is 28.0 Å². The average molecular weight is 282 g/mol. The van der Waals surface area contributed by atoms with Crippen LogP contribution in [0.2, 0.25) is 0 Å². The summed E-state index contributed by atoms with van der Waals surface area (Å²) in [5, 5.41) is 8.71. The van der Waals surface area contributed by atoms with E-state index in [1.165, 1.54) is 31.4 Å². The lowest BCUT2D eigenvalue weighted by molar-refractivity contribution is -0.140. The van der Waals surface area contributed by atoms with E-state index in [0.717, 1.165) is 0 Å². The summed E-state index contributed by atoms with van der Waals surface area (Å²) in [6.45, 7) is 0.133. The Balaban J connectivity index is 2.61. The molecular weight excluding hydrogens is 268 g/mol. The smallest absolute Gasteiger partial charge is 0.305 e. The molecule has 102 valence electrons. The van der Waals surface area contributed by atoms with Crippen molar-refractivity contribution in [3.63, 3.8) is 0 Å². The van der Waals surface area contributed by atoms with Crippen molar-refractivity contribution >= 4 is 16.0 Å². The Morgan fingerprint density at radius 1 is 1.47 bits per heavy atom. The van der Waals surface area contributed by atoms with E-state index >= 15 is 0 Å². The van der Waals surface area contributed by atoms with Gasteiger partial charge in [0.25, 0.3) is 0 Å². The molecular formula is C12H14N2O4S. The SMILES string of the molecule is COC(=O)CCCNS(=O)(=O)c1cccc(C#N)c1. The van der Waals surface area contributed by atoms with Crippen LogP contribution in [0.25, 0.3) is 0 Å². The number of sulfonamides is 1. The Morgan fingerprint density at radius 2 is 2.21 bits per heavy atom. The maximum Gasteiger partial charge on any atom is 0.305 e. The number of methoxy groups -OCH3 is 1. The number of rotatable bonds is 6. The van der Waals surface area contributed by atoms with Gasteiger partial charge in [0.05, 0.1) is 23.6 Å². The lowest BCUT2D eigenvalue weighted by atomic mass is 10.2. The molecule has 0 spiro atoms. The first-order valence-corrected chi connectivity index (χ1v) is 7.04. The molecule has 0 fully saturated rings. The van der Waals surface area contributed by atoms with Crippen molar-refractivity contribution in [3.05, 3.63) is 29.8 Å². The maximum atomic E-state index is 11.9. The minimum Gasteiger partial charge on any atom is -0.469 e. The molecule has 0 saturated heterocycles. The molecule has 0 unspecified atom stereocenters. The van der Waals surface area contributed by atoms with Crippen molar-refractivity contribution < 1.29 is 17.9 Å². The second kappa shape index (κ2) is 6.87. The summed E-state index contributed by atoms with van der Waals surface area (Å²) >= 11 is 0. The predicted molar refractivity (Wildman–Crippen MR) is 67.6 cm³/mol. The van der Waals surface area contributed by atoms with Crippen molar-refractivity contribution in [2.75, 3.05) is 13.7 Å². The normalized spacial score (nSPS) is 10.7. The third-order valence-corrected chi connectivity index (χ3v) is 3.81. The zero-order valence-electron chi connectivity index (χ0n) is 10.4. The van der Waals surface area contributed by atoms with Crippen molar-refractivity contribution in [1.82, 2.24) is 4.72 Å². The van der Waals surface area contributed by atoms with Gasteiger partial charge < -0.3 is 4.74 Å². The minimum absolute atomic E-state index is 0.0321. The minimum atomic E-state index is -3.65. The molecule has 1 rings (SSSR count). The van der Waals surface area contributed by atoms with Crippen LogP contribution < -0.4 is 4.72 Å². The van der Waals surface area contributed by atoms with Crippen LogP contribution in [0.15, 0.2) is 29.2 Å². The predicted octanol–water partition coefficient (Wildman–Crippen LogP) is 0.790.